The smallest absolute Gasteiger partial charge is 0.343 e. The number of fused-ring (bicyclic) bond motifs is 1. The largest absolute Gasteiger partial charge is 0.422 e. The summed E-state index contributed by atoms with van der Waals surface area (Å²) in [6.07, 6.45) is 1.44. The minimum Gasteiger partial charge on any atom is -0.422 e. The standard InChI is InChI=1S/C25H17ClN2O3/c26-20-14-12-18(13-15-20)25(30)31-23-11-4-2-7-19(23)16-27-28-24(29)22-10-5-8-17-6-1-3-9-21(17)22/h1-16H,(H,28,29). The Hall–Kier alpha value is -3.96. The van der Waals surface area contributed by atoms with Gasteiger partial charge in [-0.3, -0.25) is 4.79 Å². The molecule has 0 aliphatic carbocycles. The van der Waals surface area contributed by atoms with E-state index in [4.69, 9.17) is 16.3 Å². The average molecular weight is 429 g/mol. The molecule has 31 heavy (non-hydrogen) atoms. The molecule has 0 radical (unpaired) electrons. The summed E-state index contributed by atoms with van der Waals surface area (Å²) in [6, 6.07) is 26.5. The van der Waals surface area contributed by atoms with Gasteiger partial charge in [0.25, 0.3) is 5.91 Å². The highest BCUT2D eigenvalue weighted by molar-refractivity contribution is 6.30. The Kier molecular flexibility index (Phi) is 6.05. The lowest BCUT2D eigenvalue weighted by Crippen LogP contribution is -2.18. The van der Waals surface area contributed by atoms with Crippen LogP contribution in [0.25, 0.3) is 10.8 Å². The van der Waals surface area contributed by atoms with Crippen LogP contribution in [0.15, 0.2) is 96.1 Å². The van der Waals surface area contributed by atoms with Crippen molar-refractivity contribution >= 4 is 40.5 Å². The van der Waals surface area contributed by atoms with Crippen molar-refractivity contribution in [3.05, 3.63) is 113 Å². The van der Waals surface area contributed by atoms with Crippen LogP contribution in [0.5, 0.6) is 5.75 Å². The van der Waals surface area contributed by atoms with Crippen LogP contribution < -0.4 is 10.2 Å². The molecule has 4 aromatic rings. The van der Waals surface area contributed by atoms with Gasteiger partial charge in [-0.05, 0) is 53.2 Å². The molecule has 0 spiro atoms. The van der Waals surface area contributed by atoms with Gasteiger partial charge in [0.05, 0.1) is 11.8 Å². The van der Waals surface area contributed by atoms with Crippen molar-refractivity contribution in [1.29, 1.82) is 0 Å². The lowest BCUT2D eigenvalue weighted by molar-refractivity contribution is 0.0734. The van der Waals surface area contributed by atoms with Gasteiger partial charge >= 0.3 is 5.97 Å². The number of amides is 1. The minimum atomic E-state index is -0.516. The van der Waals surface area contributed by atoms with Crippen LogP contribution >= 0.6 is 11.6 Å². The van der Waals surface area contributed by atoms with Crippen LogP contribution in [0.4, 0.5) is 0 Å². The van der Waals surface area contributed by atoms with E-state index in [0.717, 1.165) is 10.8 Å². The molecule has 152 valence electrons. The summed E-state index contributed by atoms with van der Waals surface area (Å²) < 4.78 is 5.49. The molecule has 4 aromatic carbocycles. The Bertz CT molecular complexity index is 1280. The fourth-order valence-electron chi connectivity index (χ4n) is 3.07. The lowest BCUT2D eigenvalue weighted by atomic mass is 10.0. The van der Waals surface area contributed by atoms with E-state index in [0.29, 0.717) is 27.5 Å². The third-order valence-electron chi connectivity index (χ3n) is 4.61. The summed E-state index contributed by atoms with van der Waals surface area (Å²) in [7, 11) is 0. The number of nitrogens with one attached hydrogen (secondary N) is 1. The quantitative estimate of drug-likeness (QED) is 0.198. The molecule has 0 heterocycles. The van der Waals surface area contributed by atoms with E-state index in [-0.39, 0.29) is 5.91 Å². The molecule has 0 aliphatic heterocycles. The first-order chi connectivity index (χ1) is 15.1. The molecule has 0 fully saturated rings. The second-order valence-electron chi connectivity index (χ2n) is 6.66. The van der Waals surface area contributed by atoms with E-state index in [2.05, 4.69) is 10.5 Å². The highest BCUT2D eigenvalue weighted by Gasteiger charge is 2.11. The van der Waals surface area contributed by atoms with E-state index in [1.807, 2.05) is 36.4 Å². The number of rotatable bonds is 5. The van der Waals surface area contributed by atoms with Crippen molar-refractivity contribution in [2.75, 3.05) is 0 Å². The van der Waals surface area contributed by atoms with E-state index >= 15 is 0 Å². The van der Waals surface area contributed by atoms with Crippen molar-refractivity contribution in [3.63, 3.8) is 0 Å². The zero-order valence-corrected chi connectivity index (χ0v) is 17.0. The predicted molar refractivity (Wildman–Crippen MR) is 122 cm³/mol. The summed E-state index contributed by atoms with van der Waals surface area (Å²) in [6.45, 7) is 0. The maximum Gasteiger partial charge on any atom is 0.343 e. The van der Waals surface area contributed by atoms with Crippen LogP contribution in [0.1, 0.15) is 26.3 Å². The highest BCUT2D eigenvalue weighted by Crippen LogP contribution is 2.20. The molecule has 1 amide bonds. The number of ether oxygens (including phenoxy) is 1. The first-order valence-corrected chi connectivity index (χ1v) is 9.87. The Morgan fingerprint density at radius 2 is 1.55 bits per heavy atom. The van der Waals surface area contributed by atoms with Crippen LogP contribution in [0.2, 0.25) is 5.02 Å². The first-order valence-electron chi connectivity index (χ1n) is 9.50. The monoisotopic (exact) mass is 428 g/mol. The van der Waals surface area contributed by atoms with Gasteiger partial charge in [0.2, 0.25) is 0 Å². The summed E-state index contributed by atoms with van der Waals surface area (Å²) >= 11 is 5.86. The average Bonchev–Trinajstić information content (AvgIpc) is 2.80. The molecule has 0 saturated carbocycles. The fraction of sp³-hybridized carbons (Fsp3) is 0. The van der Waals surface area contributed by atoms with Gasteiger partial charge in [-0.15, -0.1) is 0 Å². The molecule has 4 rings (SSSR count). The maximum absolute atomic E-state index is 12.6. The second kappa shape index (κ2) is 9.24. The number of hydrogen-bond donors (Lipinski definition) is 1. The molecule has 0 unspecified atom stereocenters. The summed E-state index contributed by atoms with van der Waals surface area (Å²) in [5, 5.41) is 6.39. The molecule has 0 aromatic heterocycles. The number of nitrogens with zero attached hydrogens (tertiary/aromatic N) is 1. The number of benzene rings is 4. The number of esters is 1. The van der Waals surface area contributed by atoms with E-state index in [1.54, 1.807) is 54.6 Å². The van der Waals surface area contributed by atoms with E-state index < -0.39 is 5.97 Å². The van der Waals surface area contributed by atoms with E-state index in [9.17, 15) is 9.59 Å². The molecule has 0 aliphatic rings. The zero-order valence-electron chi connectivity index (χ0n) is 16.3. The lowest BCUT2D eigenvalue weighted by Gasteiger charge is -2.08. The van der Waals surface area contributed by atoms with Gasteiger partial charge < -0.3 is 4.74 Å². The van der Waals surface area contributed by atoms with Gasteiger partial charge in [-0.1, -0.05) is 60.1 Å². The van der Waals surface area contributed by atoms with E-state index in [1.165, 1.54) is 6.21 Å². The second-order valence-corrected chi connectivity index (χ2v) is 7.10. The maximum atomic E-state index is 12.6. The minimum absolute atomic E-state index is 0.325. The number of halogens is 1. The van der Waals surface area contributed by atoms with Crippen LogP contribution in [0, 0.1) is 0 Å². The van der Waals surface area contributed by atoms with Crippen LogP contribution in [-0.4, -0.2) is 18.1 Å². The van der Waals surface area contributed by atoms with Gasteiger partial charge in [-0.2, -0.15) is 5.10 Å². The Balaban J connectivity index is 1.49. The Morgan fingerprint density at radius 1 is 0.839 bits per heavy atom. The summed E-state index contributed by atoms with van der Waals surface area (Å²) in [5.74, 6) is -0.522. The Labute approximate surface area is 183 Å². The van der Waals surface area contributed by atoms with Gasteiger partial charge in [-0.25, -0.2) is 10.2 Å². The van der Waals surface area contributed by atoms with Crippen LogP contribution in [0.3, 0.4) is 0 Å². The molecule has 0 saturated heterocycles. The normalized spacial score (nSPS) is 10.9. The summed E-state index contributed by atoms with van der Waals surface area (Å²) in [4.78, 5) is 25.0. The topological polar surface area (TPSA) is 67.8 Å². The van der Waals surface area contributed by atoms with Crippen molar-refractivity contribution in [2.24, 2.45) is 5.10 Å². The van der Waals surface area contributed by atoms with Gasteiger partial charge in [0.1, 0.15) is 5.75 Å². The van der Waals surface area contributed by atoms with Gasteiger partial charge in [0, 0.05) is 16.1 Å². The number of hydrazone groups is 1. The zero-order chi connectivity index (χ0) is 21.6. The predicted octanol–water partition coefficient (Wildman–Crippen LogP) is 5.48. The molecular weight excluding hydrogens is 412 g/mol. The van der Waals surface area contributed by atoms with Crippen molar-refractivity contribution in [3.8, 4) is 5.75 Å². The number of para-hydroxylation sites is 1. The first kappa shape index (κ1) is 20.3. The number of carbonyl (C=O) groups is 2. The molecular formula is C25H17ClN2O3. The fourth-order valence-corrected chi connectivity index (χ4v) is 3.19. The van der Waals surface area contributed by atoms with Crippen molar-refractivity contribution in [1.82, 2.24) is 5.43 Å². The van der Waals surface area contributed by atoms with Gasteiger partial charge in [0.15, 0.2) is 0 Å². The molecule has 0 atom stereocenters. The third-order valence-corrected chi connectivity index (χ3v) is 4.86. The van der Waals surface area contributed by atoms with Crippen LogP contribution in [-0.2, 0) is 0 Å². The molecule has 5 nitrogen and oxygen atoms in total. The highest BCUT2D eigenvalue weighted by atomic mass is 35.5. The molecule has 0 bridgehead atoms. The summed E-state index contributed by atoms with van der Waals surface area (Å²) in [5.41, 5.74) is 3.98. The number of carbonyl (C=O) groups excluding carboxylic acids is 2. The molecule has 6 heteroatoms. The molecule has 1 N–H and O–H groups in total. The Morgan fingerprint density at radius 3 is 2.39 bits per heavy atom. The number of hydrogen-bond acceptors (Lipinski definition) is 4. The van der Waals surface area contributed by atoms with Crippen molar-refractivity contribution < 1.29 is 14.3 Å². The van der Waals surface area contributed by atoms with Crippen molar-refractivity contribution in [2.45, 2.75) is 0 Å². The third kappa shape index (κ3) is 4.79. The SMILES string of the molecule is O=C(Oc1ccccc1C=NNC(=O)c1cccc2ccccc12)c1ccc(Cl)cc1.